The Morgan fingerprint density at radius 1 is 1.06 bits per heavy atom. The molecule has 16 heavy (non-hydrogen) atoms. The molecule has 3 nitrogen and oxygen atoms in total. The molecule has 1 aliphatic heterocycles. The number of carbonyl (C=O) groups is 2. The number of rotatable bonds is 2. The van der Waals surface area contributed by atoms with Gasteiger partial charge in [-0.15, -0.1) is 0 Å². The molecule has 0 spiro atoms. The van der Waals surface area contributed by atoms with Gasteiger partial charge < -0.3 is 0 Å². The van der Waals surface area contributed by atoms with Crippen LogP contribution >= 0.6 is 0 Å². The van der Waals surface area contributed by atoms with Gasteiger partial charge >= 0.3 is 0 Å². The maximum absolute atomic E-state index is 11.7. The first-order valence-corrected chi connectivity index (χ1v) is 5.67. The Morgan fingerprint density at radius 3 is 2.12 bits per heavy atom. The van der Waals surface area contributed by atoms with E-state index in [1.165, 1.54) is 10.5 Å². The molecule has 2 rings (SSSR count). The second-order valence-corrected chi connectivity index (χ2v) is 4.00. The standard InChI is InChI=1S/C13H15NO2/c1-2-10-6-8-11(9-7-10)14-12(15)4-3-5-13(14)16/h6-9H,2-5H2,1H3. The highest BCUT2D eigenvalue weighted by atomic mass is 16.2. The van der Waals surface area contributed by atoms with Gasteiger partial charge in [0.2, 0.25) is 11.8 Å². The molecule has 1 aromatic rings. The second kappa shape index (κ2) is 4.47. The molecule has 0 saturated carbocycles. The van der Waals surface area contributed by atoms with Gasteiger partial charge in [-0.1, -0.05) is 19.1 Å². The van der Waals surface area contributed by atoms with Crippen LogP contribution in [-0.4, -0.2) is 11.8 Å². The van der Waals surface area contributed by atoms with Crippen LogP contribution in [0.15, 0.2) is 24.3 Å². The molecule has 0 aliphatic carbocycles. The van der Waals surface area contributed by atoms with E-state index in [0.29, 0.717) is 24.9 Å². The largest absolute Gasteiger partial charge is 0.274 e. The van der Waals surface area contributed by atoms with Gasteiger partial charge in [-0.05, 0) is 30.5 Å². The van der Waals surface area contributed by atoms with Crippen molar-refractivity contribution in [1.29, 1.82) is 0 Å². The minimum Gasteiger partial charge on any atom is -0.274 e. The van der Waals surface area contributed by atoms with Crippen LogP contribution in [0.1, 0.15) is 31.7 Å². The fraction of sp³-hybridized carbons (Fsp3) is 0.385. The molecule has 0 atom stereocenters. The number of hydrogen-bond acceptors (Lipinski definition) is 2. The average Bonchev–Trinajstić information content (AvgIpc) is 2.30. The summed E-state index contributed by atoms with van der Waals surface area (Å²) in [5.41, 5.74) is 1.91. The fourth-order valence-electron chi connectivity index (χ4n) is 1.92. The van der Waals surface area contributed by atoms with Gasteiger partial charge in [0.25, 0.3) is 0 Å². The molecule has 2 amide bonds. The number of amides is 2. The highest BCUT2D eigenvalue weighted by Gasteiger charge is 2.26. The van der Waals surface area contributed by atoms with E-state index < -0.39 is 0 Å². The topological polar surface area (TPSA) is 37.4 Å². The van der Waals surface area contributed by atoms with Gasteiger partial charge in [-0.25, -0.2) is 0 Å². The van der Waals surface area contributed by atoms with Crippen molar-refractivity contribution in [3.8, 4) is 0 Å². The summed E-state index contributed by atoms with van der Waals surface area (Å²) < 4.78 is 0. The zero-order chi connectivity index (χ0) is 11.5. The number of piperidine rings is 1. The first-order chi connectivity index (χ1) is 7.72. The van der Waals surface area contributed by atoms with E-state index in [1.54, 1.807) is 0 Å². The number of imide groups is 1. The number of nitrogens with zero attached hydrogens (tertiary/aromatic N) is 1. The molecule has 1 aromatic carbocycles. The Hall–Kier alpha value is -1.64. The summed E-state index contributed by atoms with van der Waals surface area (Å²) in [5.74, 6) is -0.166. The number of carbonyl (C=O) groups excluding carboxylic acids is 2. The minimum absolute atomic E-state index is 0.0829. The van der Waals surface area contributed by atoms with Crippen LogP contribution in [0.3, 0.4) is 0 Å². The molecule has 0 N–H and O–H groups in total. The van der Waals surface area contributed by atoms with Gasteiger partial charge in [0, 0.05) is 12.8 Å². The minimum atomic E-state index is -0.0829. The van der Waals surface area contributed by atoms with E-state index in [9.17, 15) is 9.59 Å². The van der Waals surface area contributed by atoms with Crippen LogP contribution in [-0.2, 0) is 16.0 Å². The van der Waals surface area contributed by atoms with Crippen molar-refractivity contribution < 1.29 is 9.59 Å². The van der Waals surface area contributed by atoms with Gasteiger partial charge in [0.1, 0.15) is 0 Å². The molecule has 1 heterocycles. The zero-order valence-corrected chi connectivity index (χ0v) is 9.40. The summed E-state index contributed by atoms with van der Waals surface area (Å²) in [6.07, 6.45) is 2.59. The van der Waals surface area contributed by atoms with Crippen molar-refractivity contribution in [3.05, 3.63) is 29.8 Å². The van der Waals surface area contributed by atoms with E-state index in [1.807, 2.05) is 24.3 Å². The number of anilines is 1. The first-order valence-electron chi connectivity index (χ1n) is 5.67. The normalized spacial score (nSPS) is 16.7. The Bertz CT molecular complexity index is 392. The Morgan fingerprint density at radius 2 is 1.62 bits per heavy atom. The Kier molecular flexibility index (Phi) is 3.04. The van der Waals surface area contributed by atoms with Crippen molar-refractivity contribution in [1.82, 2.24) is 0 Å². The monoisotopic (exact) mass is 217 g/mol. The summed E-state index contributed by atoms with van der Waals surface area (Å²) in [6.45, 7) is 2.08. The molecule has 1 saturated heterocycles. The van der Waals surface area contributed by atoms with Crippen molar-refractivity contribution in [2.24, 2.45) is 0 Å². The van der Waals surface area contributed by atoms with Crippen LogP contribution in [0.5, 0.6) is 0 Å². The second-order valence-electron chi connectivity index (χ2n) is 4.00. The summed E-state index contributed by atoms with van der Waals surface area (Å²) in [4.78, 5) is 24.6. The van der Waals surface area contributed by atoms with Gasteiger partial charge in [0.05, 0.1) is 5.69 Å². The SMILES string of the molecule is CCc1ccc(N2C(=O)CCCC2=O)cc1. The summed E-state index contributed by atoms with van der Waals surface area (Å²) in [7, 11) is 0. The van der Waals surface area contributed by atoms with Gasteiger partial charge in [-0.3, -0.25) is 14.5 Å². The number of benzene rings is 1. The lowest BCUT2D eigenvalue weighted by Gasteiger charge is -2.24. The lowest BCUT2D eigenvalue weighted by molar-refractivity contribution is -0.129. The van der Waals surface area contributed by atoms with Crippen LogP contribution in [0.25, 0.3) is 0 Å². The highest BCUT2D eigenvalue weighted by molar-refractivity contribution is 6.16. The fourth-order valence-corrected chi connectivity index (χ4v) is 1.92. The van der Waals surface area contributed by atoms with Crippen molar-refractivity contribution in [2.45, 2.75) is 32.6 Å². The number of hydrogen-bond donors (Lipinski definition) is 0. The summed E-state index contributed by atoms with van der Waals surface area (Å²) in [5, 5.41) is 0. The molecular weight excluding hydrogens is 202 g/mol. The lowest BCUT2D eigenvalue weighted by atomic mass is 10.1. The van der Waals surface area contributed by atoms with Crippen LogP contribution in [0.4, 0.5) is 5.69 Å². The summed E-state index contributed by atoms with van der Waals surface area (Å²) >= 11 is 0. The molecular formula is C13H15NO2. The quantitative estimate of drug-likeness (QED) is 0.713. The van der Waals surface area contributed by atoms with E-state index >= 15 is 0 Å². The molecule has 0 unspecified atom stereocenters. The third-order valence-electron chi connectivity index (χ3n) is 2.88. The third kappa shape index (κ3) is 1.98. The van der Waals surface area contributed by atoms with Crippen LogP contribution in [0, 0.1) is 0 Å². The Balaban J connectivity index is 2.27. The van der Waals surface area contributed by atoms with E-state index in [0.717, 1.165) is 6.42 Å². The van der Waals surface area contributed by atoms with Crippen LogP contribution in [0.2, 0.25) is 0 Å². The van der Waals surface area contributed by atoms with Gasteiger partial charge in [0.15, 0.2) is 0 Å². The highest BCUT2D eigenvalue weighted by Crippen LogP contribution is 2.22. The van der Waals surface area contributed by atoms with E-state index in [2.05, 4.69) is 6.92 Å². The molecule has 0 aromatic heterocycles. The molecule has 1 aliphatic rings. The third-order valence-corrected chi connectivity index (χ3v) is 2.88. The van der Waals surface area contributed by atoms with Crippen molar-refractivity contribution in [2.75, 3.05) is 4.90 Å². The van der Waals surface area contributed by atoms with Crippen LogP contribution < -0.4 is 4.90 Å². The molecule has 3 heteroatoms. The maximum atomic E-state index is 11.7. The predicted octanol–water partition coefficient (Wildman–Crippen LogP) is 2.29. The average molecular weight is 217 g/mol. The molecule has 0 bridgehead atoms. The smallest absolute Gasteiger partial charge is 0.233 e. The first kappa shape index (κ1) is 10.9. The number of aryl methyl sites for hydroxylation is 1. The zero-order valence-electron chi connectivity index (χ0n) is 9.40. The molecule has 0 radical (unpaired) electrons. The maximum Gasteiger partial charge on any atom is 0.233 e. The van der Waals surface area contributed by atoms with E-state index in [4.69, 9.17) is 0 Å². The molecule has 1 fully saturated rings. The van der Waals surface area contributed by atoms with Gasteiger partial charge in [-0.2, -0.15) is 0 Å². The van der Waals surface area contributed by atoms with Crippen molar-refractivity contribution in [3.63, 3.8) is 0 Å². The lowest BCUT2D eigenvalue weighted by Crippen LogP contribution is -2.40. The summed E-state index contributed by atoms with van der Waals surface area (Å²) in [6, 6.07) is 7.62. The Labute approximate surface area is 95.1 Å². The predicted molar refractivity (Wildman–Crippen MR) is 62.2 cm³/mol. The van der Waals surface area contributed by atoms with Crippen molar-refractivity contribution >= 4 is 17.5 Å². The van der Waals surface area contributed by atoms with E-state index in [-0.39, 0.29) is 11.8 Å². The molecule has 84 valence electrons.